The van der Waals surface area contributed by atoms with Gasteiger partial charge in [0.1, 0.15) is 0 Å². The molecule has 2 N–H and O–H groups in total. The first-order chi connectivity index (χ1) is 9.93. The molecular weight excluding hydrogens is 281 g/mol. The maximum absolute atomic E-state index is 12.6. The minimum atomic E-state index is -4.42. The van der Waals surface area contributed by atoms with Crippen molar-refractivity contribution in [1.29, 1.82) is 0 Å². The number of aromatic nitrogens is 1. The highest BCUT2D eigenvalue weighted by Crippen LogP contribution is 2.35. The summed E-state index contributed by atoms with van der Waals surface area (Å²) < 4.78 is 43.2. The normalized spacial score (nSPS) is 14.0. The van der Waals surface area contributed by atoms with Gasteiger partial charge in [-0.3, -0.25) is 0 Å². The van der Waals surface area contributed by atoms with Gasteiger partial charge in [-0.05, 0) is 43.0 Å². The van der Waals surface area contributed by atoms with Crippen LogP contribution in [-0.4, -0.2) is 4.98 Å². The first-order valence-corrected chi connectivity index (χ1v) is 6.57. The lowest BCUT2D eigenvalue weighted by Gasteiger charge is -2.12. The molecule has 2 aromatic rings. The Bertz CT molecular complexity index is 683. The van der Waals surface area contributed by atoms with Gasteiger partial charge in [0.15, 0.2) is 5.75 Å². The van der Waals surface area contributed by atoms with Crippen molar-refractivity contribution in [2.45, 2.75) is 25.4 Å². The van der Waals surface area contributed by atoms with Crippen LogP contribution in [0.1, 0.15) is 23.2 Å². The number of rotatable bonds is 2. The lowest BCUT2D eigenvalue weighted by Crippen LogP contribution is -2.06. The van der Waals surface area contributed by atoms with E-state index in [-0.39, 0.29) is 11.4 Å². The number of nitrogens with zero attached hydrogens (tertiary/aromatic N) is 1. The summed E-state index contributed by atoms with van der Waals surface area (Å²) in [5.74, 6) is 0.524. The molecule has 0 radical (unpaired) electrons. The first-order valence-electron chi connectivity index (χ1n) is 6.57. The SMILES string of the molecule is Nc1cc(C(F)(F)F)ccc1Oc1ccc2c(n1)CCC2. The van der Waals surface area contributed by atoms with Crippen LogP contribution in [0.2, 0.25) is 0 Å². The third-order valence-corrected chi connectivity index (χ3v) is 3.45. The molecular formula is C15H13F3N2O. The molecule has 0 saturated heterocycles. The number of halogens is 3. The Morgan fingerprint density at radius 1 is 1.10 bits per heavy atom. The smallest absolute Gasteiger partial charge is 0.416 e. The summed E-state index contributed by atoms with van der Waals surface area (Å²) in [6, 6.07) is 6.67. The number of ether oxygens (including phenoxy) is 1. The van der Waals surface area contributed by atoms with Crippen molar-refractivity contribution < 1.29 is 17.9 Å². The fourth-order valence-corrected chi connectivity index (χ4v) is 2.39. The molecule has 1 aromatic carbocycles. The highest BCUT2D eigenvalue weighted by Gasteiger charge is 2.31. The number of nitrogen functional groups attached to an aromatic ring is 1. The van der Waals surface area contributed by atoms with E-state index in [0.29, 0.717) is 5.88 Å². The summed E-state index contributed by atoms with van der Waals surface area (Å²) in [5, 5.41) is 0. The van der Waals surface area contributed by atoms with Crippen LogP contribution in [0.4, 0.5) is 18.9 Å². The van der Waals surface area contributed by atoms with Crippen molar-refractivity contribution in [2.24, 2.45) is 0 Å². The maximum atomic E-state index is 12.6. The Morgan fingerprint density at radius 2 is 1.90 bits per heavy atom. The van der Waals surface area contributed by atoms with Gasteiger partial charge < -0.3 is 10.5 Å². The van der Waals surface area contributed by atoms with Gasteiger partial charge in [0.05, 0.1) is 11.3 Å². The molecule has 0 unspecified atom stereocenters. The molecule has 6 heteroatoms. The van der Waals surface area contributed by atoms with Crippen LogP contribution >= 0.6 is 0 Å². The number of aryl methyl sites for hydroxylation is 2. The summed E-state index contributed by atoms with van der Waals surface area (Å²) >= 11 is 0. The summed E-state index contributed by atoms with van der Waals surface area (Å²) in [6.07, 6.45) is -1.45. The molecule has 0 saturated carbocycles. The van der Waals surface area contributed by atoms with Gasteiger partial charge in [0.25, 0.3) is 0 Å². The molecule has 110 valence electrons. The Morgan fingerprint density at radius 3 is 2.62 bits per heavy atom. The molecule has 0 bridgehead atoms. The van der Waals surface area contributed by atoms with E-state index >= 15 is 0 Å². The second-order valence-corrected chi connectivity index (χ2v) is 4.96. The molecule has 3 rings (SSSR count). The largest absolute Gasteiger partial charge is 0.437 e. The fourth-order valence-electron chi connectivity index (χ4n) is 2.39. The van der Waals surface area contributed by atoms with E-state index in [2.05, 4.69) is 4.98 Å². The highest BCUT2D eigenvalue weighted by atomic mass is 19.4. The molecule has 1 heterocycles. The number of benzene rings is 1. The average Bonchev–Trinajstić information content (AvgIpc) is 2.87. The molecule has 1 aliphatic carbocycles. The molecule has 0 amide bonds. The second kappa shape index (κ2) is 4.95. The van der Waals surface area contributed by atoms with Crippen LogP contribution < -0.4 is 10.5 Å². The van der Waals surface area contributed by atoms with Crippen molar-refractivity contribution in [3.8, 4) is 11.6 Å². The zero-order chi connectivity index (χ0) is 15.0. The number of alkyl halides is 3. The van der Waals surface area contributed by atoms with Crippen molar-refractivity contribution in [2.75, 3.05) is 5.73 Å². The van der Waals surface area contributed by atoms with Crippen molar-refractivity contribution in [3.05, 3.63) is 47.2 Å². The van der Waals surface area contributed by atoms with E-state index < -0.39 is 11.7 Å². The van der Waals surface area contributed by atoms with E-state index in [1.54, 1.807) is 6.07 Å². The van der Waals surface area contributed by atoms with E-state index in [4.69, 9.17) is 10.5 Å². The molecule has 1 aromatic heterocycles. The van der Waals surface area contributed by atoms with Crippen LogP contribution in [0.15, 0.2) is 30.3 Å². The monoisotopic (exact) mass is 294 g/mol. The number of hydrogen-bond donors (Lipinski definition) is 1. The molecule has 0 aliphatic heterocycles. The minimum absolute atomic E-state index is 0.0628. The predicted molar refractivity (Wildman–Crippen MR) is 72.2 cm³/mol. The number of pyridine rings is 1. The predicted octanol–water partition coefficient (Wildman–Crippen LogP) is 3.96. The molecule has 3 nitrogen and oxygen atoms in total. The minimum Gasteiger partial charge on any atom is -0.437 e. The molecule has 0 spiro atoms. The number of fused-ring (bicyclic) bond motifs is 1. The lowest BCUT2D eigenvalue weighted by molar-refractivity contribution is -0.137. The third-order valence-electron chi connectivity index (χ3n) is 3.45. The summed E-state index contributed by atoms with van der Waals surface area (Å²) in [5.41, 5.74) is 6.95. The summed E-state index contributed by atoms with van der Waals surface area (Å²) in [6.45, 7) is 0. The van der Waals surface area contributed by atoms with E-state index in [1.165, 1.54) is 11.6 Å². The van der Waals surface area contributed by atoms with Gasteiger partial charge >= 0.3 is 6.18 Å². The third kappa shape index (κ3) is 2.79. The lowest BCUT2D eigenvalue weighted by atomic mass is 10.2. The zero-order valence-electron chi connectivity index (χ0n) is 11.1. The summed E-state index contributed by atoms with van der Waals surface area (Å²) in [4.78, 5) is 4.36. The van der Waals surface area contributed by atoms with E-state index in [9.17, 15) is 13.2 Å². The molecule has 1 aliphatic rings. The number of hydrogen-bond acceptors (Lipinski definition) is 3. The Kier molecular flexibility index (Phi) is 3.23. The standard InChI is InChI=1S/C15H13F3N2O/c16-15(17,18)10-5-6-13(11(19)8-10)21-14-7-4-9-2-1-3-12(9)20-14/h4-8H,1-3,19H2. The van der Waals surface area contributed by atoms with Gasteiger partial charge in [-0.1, -0.05) is 6.07 Å². The van der Waals surface area contributed by atoms with Crippen LogP contribution in [0.25, 0.3) is 0 Å². The van der Waals surface area contributed by atoms with E-state index in [0.717, 1.165) is 37.1 Å². The highest BCUT2D eigenvalue weighted by molar-refractivity contribution is 5.56. The van der Waals surface area contributed by atoms with Crippen LogP contribution in [0.5, 0.6) is 11.6 Å². The van der Waals surface area contributed by atoms with Gasteiger partial charge in [-0.25, -0.2) is 4.98 Å². The quantitative estimate of drug-likeness (QED) is 0.853. The van der Waals surface area contributed by atoms with Gasteiger partial charge in [0, 0.05) is 11.8 Å². The first kappa shape index (κ1) is 13.7. The van der Waals surface area contributed by atoms with Gasteiger partial charge in [-0.15, -0.1) is 0 Å². The molecule has 21 heavy (non-hydrogen) atoms. The molecule has 0 atom stereocenters. The van der Waals surface area contributed by atoms with E-state index in [1.807, 2.05) is 6.07 Å². The number of nitrogens with two attached hydrogens (primary N) is 1. The van der Waals surface area contributed by atoms with Crippen molar-refractivity contribution in [1.82, 2.24) is 4.98 Å². The molecule has 0 fully saturated rings. The Balaban J connectivity index is 1.85. The van der Waals surface area contributed by atoms with Crippen molar-refractivity contribution >= 4 is 5.69 Å². The van der Waals surface area contributed by atoms with Gasteiger partial charge in [-0.2, -0.15) is 13.2 Å². The van der Waals surface area contributed by atoms with Crippen LogP contribution in [0, 0.1) is 0 Å². The fraction of sp³-hybridized carbons (Fsp3) is 0.267. The zero-order valence-corrected chi connectivity index (χ0v) is 11.1. The average molecular weight is 294 g/mol. The van der Waals surface area contributed by atoms with Crippen LogP contribution in [-0.2, 0) is 19.0 Å². The Labute approximate surface area is 119 Å². The van der Waals surface area contributed by atoms with Crippen molar-refractivity contribution in [3.63, 3.8) is 0 Å². The maximum Gasteiger partial charge on any atom is 0.416 e. The summed E-state index contributed by atoms with van der Waals surface area (Å²) in [7, 11) is 0. The van der Waals surface area contributed by atoms with Gasteiger partial charge in [0.2, 0.25) is 5.88 Å². The second-order valence-electron chi connectivity index (χ2n) is 4.96. The topological polar surface area (TPSA) is 48.1 Å². The Hall–Kier alpha value is -2.24. The number of anilines is 1. The van der Waals surface area contributed by atoms with Crippen LogP contribution in [0.3, 0.4) is 0 Å².